The van der Waals surface area contributed by atoms with E-state index in [0.29, 0.717) is 22.5 Å². The van der Waals surface area contributed by atoms with Gasteiger partial charge in [0.05, 0.1) is 0 Å². The minimum atomic E-state index is -1.92. The smallest absolute Gasteiger partial charge is 0.208 e. The van der Waals surface area contributed by atoms with Crippen LogP contribution in [0.1, 0.15) is 0 Å². The molecule has 10 heteroatoms. The number of hydrogen-bond donors (Lipinski definition) is 0. The van der Waals surface area contributed by atoms with E-state index in [2.05, 4.69) is 20.6 Å². The van der Waals surface area contributed by atoms with Gasteiger partial charge in [0.15, 0.2) is 10.1 Å². The van der Waals surface area contributed by atoms with Crippen LogP contribution in [0.4, 0.5) is 0 Å². The second kappa shape index (κ2) is 7.23. The van der Waals surface area contributed by atoms with Crippen molar-refractivity contribution in [3.05, 3.63) is 60.7 Å². The summed E-state index contributed by atoms with van der Waals surface area (Å²) in [6.45, 7) is 0. The molecule has 134 valence electrons. The third-order valence-corrected chi connectivity index (χ3v) is 5.17. The number of nitriles is 2. The van der Waals surface area contributed by atoms with Gasteiger partial charge in [-0.3, -0.25) is 0 Å². The molecule has 0 fully saturated rings. The molecule has 0 spiro atoms. The average Bonchev–Trinajstić information content (AvgIpc) is 3.38. The highest BCUT2D eigenvalue weighted by atomic mass is 32.2. The molecule has 9 nitrogen and oxygen atoms in total. The quantitative estimate of drug-likeness (QED) is 0.525. The summed E-state index contributed by atoms with van der Waals surface area (Å²) < 4.78 is 15.4. The van der Waals surface area contributed by atoms with Crippen LogP contribution in [0.3, 0.4) is 0 Å². The first kappa shape index (κ1) is 17.3. The Labute approximate surface area is 161 Å². The molecule has 4 rings (SSSR count). The molecule has 2 aromatic carbocycles. The van der Waals surface area contributed by atoms with E-state index < -0.39 is 10.8 Å². The summed E-state index contributed by atoms with van der Waals surface area (Å²) in [7, 11) is -1.92. The van der Waals surface area contributed by atoms with Crippen LogP contribution in [0.15, 0.2) is 70.7 Å². The first-order chi connectivity index (χ1) is 13.7. The molecule has 28 heavy (non-hydrogen) atoms. The van der Waals surface area contributed by atoms with Crippen molar-refractivity contribution >= 4 is 10.8 Å². The monoisotopic (exact) mass is 386 g/mol. The maximum absolute atomic E-state index is 13.4. The van der Waals surface area contributed by atoms with Crippen LogP contribution in [0, 0.1) is 22.9 Å². The molecule has 0 aliphatic rings. The van der Waals surface area contributed by atoms with Gasteiger partial charge in [0.1, 0.15) is 22.2 Å². The second-order valence-corrected chi connectivity index (χ2v) is 6.82. The van der Waals surface area contributed by atoms with Crippen molar-refractivity contribution in [2.24, 2.45) is 0 Å². The van der Waals surface area contributed by atoms with Gasteiger partial charge in [-0.1, -0.05) is 71.1 Å². The van der Waals surface area contributed by atoms with Crippen molar-refractivity contribution in [2.75, 3.05) is 0 Å². The fourth-order valence-electron chi connectivity index (χ4n) is 2.70. The summed E-state index contributed by atoms with van der Waals surface area (Å²) in [5.74, 6) is 0. The second-order valence-electron chi connectivity index (χ2n) is 5.51. The largest absolute Gasteiger partial charge is 0.246 e. The summed E-state index contributed by atoms with van der Waals surface area (Å²) in [6.07, 6.45) is 3.80. The van der Waals surface area contributed by atoms with Gasteiger partial charge in [-0.05, 0) is 0 Å². The highest BCUT2D eigenvalue weighted by Crippen LogP contribution is 2.31. The minimum absolute atomic E-state index is 0.0647. The van der Waals surface area contributed by atoms with Crippen LogP contribution in [0.2, 0.25) is 0 Å². The van der Waals surface area contributed by atoms with Crippen LogP contribution in [-0.4, -0.2) is 34.2 Å². The first-order valence-electron chi connectivity index (χ1n) is 7.99. The highest BCUT2D eigenvalue weighted by molar-refractivity contribution is 7.85. The van der Waals surface area contributed by atoms with E-state index in [9.17, 15) is 14.7 Å². The summed E-state index contributed by atoms with van der Waals surface area (Å²) in [5.41, 5.74) is 1.86. The van der Waals surface area contributed by atoms with E-state index in [1.54, 1.807) is 48.5 Å². The van der Waals surface area contributed by atoms with Crippen LogP contribution in [0.25, 0.3) is 22.5 Å². The molecule has 0 radical (unpaired) electrons. The topological polar surface area (TPSA) is 126 Å². The molecule has 4 aromatic rings. The highest BCUT2D eigenvalue weighted by Gasteiger charge is 2.28. The van der Waals surface area contributed by atoms with Crippen molar-refractivity contribution in [1.82, 2.24) is 30.0 Å². The van der Waals surface area contributed by atoms with Gasteiger partial charge in [0.25, 0.3) is 0 Å². The third kappa shape index (κ3) is 2.84. The van der Waals surface area contributed by atoms with E-state index in [-0.39, 0.29) is 10.1 Å². The first-order valence-corrected chi connectivity index (χ1v) is 9.13. The van der Waals surface area contributed by atoms with Crippen molar-refractivity contribution in [1.29, 1.82) is 10.5 Å². The van der Waals surface area contributed by atoms with E-state index in [1.807, 2.05) is 24.5 Å². The number of rotatable bonds is 4. The number of aromatic nitrogens is 6. The summed E-state index contributed by atoms with van der Waals surface area (Å²) in [6, 6.07) is 17.9. The van der Waals surface area contributed by atoms with E-state index in [4.69, 9.17) is 0 Å². The van der Waals surface area contributed by atoms with Crippen molar-refractivity contribution in [2.45, 2.75) is 10.1 Å². The molecule has 0 amide bonds. The van der Waals surface area contributed by atoms with Gasteiger partial charge in [-0.25, -0.2) is 4.21 Å². The Balaban J connectivity index is 1.90. The maximum Gasteiger partial charge on any atom is 0.208 e. The Hall–Kier alpha value is -4.15. The Morgan fingerprint density at radius 2 is 1.11 bits per heavy atom. The van der Waals surface area contributed by atoms with Crippen LogP contribution in [0.5, 0.6) is 0 Å². The van der Waals surface area contributed by atoms with Gasteiger partial charge in [-0.2, -0.15) is 10.5 Å². The van der Waals surface area contributed by atoms with Crippen LogP contribution in [-0.2, 0) is 10.8 Å². The Kier molecular flexibility index (Phi) is 4.46. The van der Waals surface area contributed by atoms with Crippen molar-refractivity contribution in [3.8, 4) is 34.9 Å². The maximum atomic E-state index is 13.4. The lowest BCUT2D eigenvalue weighted by molar-refractivity contribution is 0.676. The molecule has 0 atom stereocenters. The molecule has 0 aliphatic carbocycles. The van der Waals surface area contributed by atoms with E-state index in [1.165, 1.54) is 0 Å². The fraction of sp³-hybridized carbons (Fsp3) is 0. The molecular weight excluding hydrogens is 376 g/mol. The summed E-state index contributed by atoms with van der Waals surface area (Å²) in [5, 5.41) is 34.3. The lowest BCUT2D eigenvalue weighted by atomic mass is 10.2. The Morgan fingerprint density at radius 1 is 0.714 bits per heavy atom. The zero-order valence-corrected chi connectivity index (χ0v) is 15.0. The number of hydrogen-bond acceptors (Lipinski definition) is 7. The lowest BCUT2D eigenvalue weighted by Crippen LogP contribution is -2.01. The minimum Gasteiger partial charge on any atom is -0.246 e. The SMILES string of the molecule is N#Cn1nnc(S(=O)c2nnn(C#N)c2-c2ccccc2)c1-c1ccccc1. The standard InChI is InChI=1S/C18H10N8OS/c19-11-25-15(13-7-3-1-4-8-13)17(21-23-25)28(27)18-16(26(12-20)24-22-18)14-9-5-2-6-10-14/h1-10H. The molecule has 2 heterocycles. The van der Waals surface area contributed by atoms with Crippen LogP contribution < -0.4 is 0 Å². The molecule has 0 saturated heterocycles. The molecule has 0 unspecified atom stereocenters. The fourth-order valence-corrected chi connectivity index (χ4v) is 3.87. The average molecular weight is 386 g/mol. The molecule has 2 aromatic heterocycles. The molecular formula is C18H10N8OS. The number of nitrogens with zero attached hydrogens (tertiary/aromatic N) is 8. The lowest BCUT2D eigenvalue weighted by Gasteiger charge is -2.04. The number of benzene rings is 2. The molecule has 0 N–H and O–H groups in total. The predicted molar refractivity (Wildman–Crippen MR) is 97.6 cm³/mol. The van der Waals surface area contributed by atoms with Crippen molar-refractivity contribution in [3.63, 3.8) is 0 Å². The molecule has 0 bridgehead atoms. The zero-order valence-electron chi connectivity index (χ0n) is 14.2. The van der Waals surface area contributed by atoms with Gasteiger partial charge in [0, 0.05) is 11.1 Å². The Morgan fingerprint density at radius 3 is 1.46 bits per heavy atom. The van der Waals surface area contributed by atoms with Gasteiger partial charge in [-0.15, -0.1) is 19.6 Å². The summed E-state index contributed by atoms with van der Waals surface area (Å²) >= 11 is 0. The summed E-state index contributed by atoms with van der Waals surface area (Å²) in [4.78, 5) is 0. The van der Waals surface area contributed by atoms with E-state index in [0.717, 1.165) is 9.36 Å². The van der Waals surface area contributed by atoms with E-state index >= 15 is 0 Å². The van der Waals surface area contributed by atoms with Gasteiger partial charge in [0.2, 0.25) is 12.4 Å². The normalized spacial score (nSPS) is 10.5. The van der Waals surface area contributed by atoms with Gasteiger partial charge >= 0.3 is 0 Å². The Bertz CT molecular complexity index is 1150. The van der Waals surface area contributed by atoms with Crippen LogP contribution >= 0.6 is 0 Å². The zero-order chi connectivity index (χ0) is 19.5. The van der Waals surface area contributed by atoms with Gasteiger partial charge < -0.3 is 0 Å². The van der Waals surface area contributed by atoms with Crippen molar-refractivity contribution < 1.29 is 4.21 Å². The predicted octanol–water partition coefficient (Wildman–Crippen LogP) is 2.03. The third-order valence-electron chi connectivity index (χ3n) is 3.91. The molecule has 0 aliphatic heterocycles. The molecule has 0 saturated carbocycles.